The minimum absolute atomic E-state index is 0.0767. The van der Waals surface area contributed by atoms with Gasteiger partial charge in [0.15, 0.2) is 0 Å². The number of rotatable bonds is 1. The van der Waals surface area contributed by atoms with Gasteiger partial charge in [-0.25, -0.2) is 4.98 Å². The summed E-state index contributed by atoms with van der Waals surface area (Å²) in [5, 5.41) is 10.5. The number of nitrogen functional groups attached to an aromatic ring is 1. The Morgan fingerprint density at radius 3 is 3.10 bits per heavy atom. The van der Waals surface area contributed by atoms with E-state index in [0.29, 0.717) is 30.1 Å². The lowest BCUT2D eigenvalue weighted by Gasteiger charge is -2.14. The van der Waals surface area contributed by atoms with Crippen LogP contribution in [0, 0.1) is 0 Å². The summed E-state index contributed by atoms with van der Waals surface area (Å²) in [6.45, 7) is 0.994. The summed E-state index contributed by atoms with van der Waals surface area (Å²) in [4.78, 5) is 20.3. The highest BCUT2D eigenvalue weighted by Crippen LogP contribution is 2.36. The molecule has 1 atom stereocenters. The first kappa shape index (κ1) is 13.0. The third-order valence-corrected chi connectivity index (χ3v) is 5.50. The molecule has 4 rings (SSSR count). The summed E-state index contributed by atoms with van der Waals surface area (Å²) >= 11 is 1.38. The highest BCUT2D eigenvalue weighted by Gasteiger charge is 2.29. The normalized spacial score (nSPS) is 21.2. The first-order valence-corrected chi connectivity index (χ1v) is 8.13. The fourth-order valence-electron chi connectivity index (χ4n) is 3.23. The SMILES string of the molecule is Nc1c(C(=O)N2CCC(O)C2)sc2nc3c(cc12)CCC3. The van der Waals surface area contributed by atoms with Gasteiger partial charge in [0.05, 0.1) is 11.8 Å². The second kappa shape index (κ2) is 4.68. The zero-order valence-electron chi connectivity index (χ0n) is 11.6. The van der Waals surface area contributed by atoms with Crippen LogP contribution in [0.3, 0.4) is 0 Å². The Balaban J connectivity index is 1.76. The van der Waals surface area contributed by atoms with Gasteiger partial charge < -0.3 is 15.7 Å². The van der Waals surface area contributed by atoms with Crippen LogP contribution in [-0.4, -0.2) is 40.1 Å². The van der Waals surface area contributed by atoms with Crippen LogP contribution in [0.2, 0.25) is 0 Å². The predicted octanol–water partition coefficient (Wildman–Crippen LogP) is 1.57. The topological polar surface area (TPSA) is 79.5 Å². The van der Waals surface area contributed by atoms with E-state index in [2.05, 4.69) is 11.1 Å². The second-order valence-corrected chi connectivity index (χ2v) is 6.84. The third-order valence-electron chi connectivity index (χ3n) is 4.39. The summed E-state index contributed by atoms with van der Waals surface area (Å²) < 4.78 is 0. The lowest BCUT2D eigenvalue weighted by Crippen LogP contribution is -2.29. The zero-order valence-corrected chi connectivity index (χ0v) is 12.4. The van der Waals surface area contributed by atoms with E-state index < -0.39 is 6.10 Å². The molecular weight excluding hydrogens is 286 g/mol. The molecule has 0 saturated carbocycles. The van der Waals surface area contributed by atoms with E-state index in [0.717, 1.165) is 35.2 Å². The van der Waals surface area contributed by atoms with Crippen molar-refractivity contribution in [3.8, 4) is 0 Å². The third kappa shape index (κ3) is 2.01. The molecule has 2 aromatic rings. The highest BCUT2D eigenvalue weighted by atomic mass is 32.1. The Kier molecular flexibility index (Phi) is 2.90. The summed E-state index contributed by atoms with van der Waals surface area (Å²) in [6, 6.07) is 2.10. The maximum Gasteiger partial charge on any atom is 0.266 e. The number of aliphatic hydroxyl groups excluding tert-OH is 1. The van der Waals surface area contributed by atoms with Crippen molar-refractivity contribution in [3.63, 3.8) is 0 Å². The van der Waals surface area contributed by atoms with Crippen LogP contribution in [0.25, 0.3) is 10.2 Å². The molecule has 1 aliphatic carbocycles. The number of thiophene rings is 1. The highest BCUT2D eigenvalue weighted by molar-refractivity contribution is 7.21. The van der Waals surface area contributed by atoms with Gasteiger partial charge in [-0.2, -0.15) is 0 Å². The lowest BCUT2D eigenvalue weighted by molar-refractivity contribution is 0.0770. The number of carbonyl (C=O) groups excluding carboxylic acids is 1. The number of β-amino-alcohol motifs (C(OH)–C–C–N with tert-alkyl or cyclic N) is 1. The number of hydrogen-bond acceptors (Lipinski definition) is 5. The van der Waals surface area contributed by atoms with Crippen LogP contribution in [-0.2, 0) is 12.8 Å². The number of amides is 1. The molecule has 1 saturated heterocycles. The number of nitrogens with zero attached hydrogens (tertiary/aromatic N) is 2. The van der Waals surface area contributed by atoms with Crippen molar-refractivity contribution in [3.05, 3.63) is 22.2 Å². The van der Waals surface area contributed by atoms with Crippen molar-refractivity contribution < 1.29 is 9.90 Å². The van der Waals surface area contributed by atoms with Crippen molar-refractivity contribution in [1.29, 1.82) is 0 Å². The van der Waals surface area contributed by atoms with Gasteiger partial charge in [0.2, 0.25) is 0 Å². The number of carbonyl (C=O) groups is 1. The molecule has 3 heterocycles. The zero-order chi connectivity index (χ0) is 14.6. The molecule has 1 amide bonds. The average molecular weight is 303 g/mol. The van der Waals surface area contributed by atoms with E-state index in [1.54, 1.807) is 4.90 Å². The molecule has 6 heteroatoms. The van der Waals surface area contributed by atoms with Crippen LogP contribution in [0.1, 0.15) is 33.8 Å². The molecule has 0 spiro atoms. The van der Waals surface area contributed by atoms with E-state index in [1.807, 2.05) is 0 Å². The summed E-state index contributed by atoms with van der Waals surface area (Å²) in [5.74, 6) is -0.0767. The minimum atomic E-state index is -0.411. The van der Waals surface area contributed by atoms with Gasteiger partial charge in [-0.1, -0.05) is 0 Å². The van der Waals surface area contributed by atoms with E-state index in [-0.39, 0.29) is 5.91 Å². The average Bonchev–Trinajstić information content (AvgIpc) is 3.16. The monoisotopic (exact) mass is 303 g/mol. The van der Waals surface area contributed by atoms with Gasteiger partial charge in [-0.05, 0) is 37.3 Å². The number of likely N-dealkylation sites (tertiary alicyclic amines) is 1. The fourth-order valence-corrected chi connectivity index (χ4v) is 4.29. The Bertz CT molecular complexity index is 740. The van der Waals surface area contributed by atoms with Crippen LogP contribution in [0.15, 0.2) is 6.07 Å². The van der Waals surface area contributed by atoms with Crippen LogP contribution in [0.5, 0.6) is 0 Å². The largest absolute Gasteiger partial charge is 0.397 e. The van der Waals surface area contributed by atoms with E-state index in [9.17, 15) is 9.90 Å². The van der Waals surface area contributed by atoms with Gasteiger partial charge in [-0.3, -0.25) is 4.79 Å². The molecule has 0 aromatic carbocycles. The number of aryl methyl sites for hydroxylation is 2. The molecule has 110 valence electrons. The van der Waals surface area contributed by atoms with Crippen molar-refractivity contribution in [2.24, 2.45) is 0 Å². The van der Waals surface area contributed by atoms with Crippen LogP contribution < -0.4 is 5.73 Å². The Morgan fingerprint density at radius 1 is 1.48 bits per heavy atom. The van der Waals surface area contributed by atoms with Crippen LogP contribution in [0.4, 0.5) is 5.69 Å². The number of aliphatic hydroxyl groups is 1. The molecule has 2 aliphatic rings. The first-order valence-electron chi connectivity index (χ1n) is 7.31. The maximum atomic E-state index is 12.6. The Hall–Kier alpha value is -1.66. The molecule has 3 N–H and O–H groups in total. The smallest absolute Gasteiger partial charge is 0.266 e. The van der Waals surface area contributed by atoms with Gasteiger partial charge in [0, 0.05) is 24.2 Å². The van der Waals surface area contributed by atoms with Gasteiger partial charge in [0.1, 0.15) is 9.71 Å². The van der Waals surface area contributed by atoms with Gasteiger partial charge in [0.25, 0.3) is 5.91 Å². The molecule has 21 heavy (non-hydrogen) atoms. The Labute approximate surface area is 126 Å². The molecule has 5 nitrogen and oxygen atoms in total. The quantitative estimate of drug-likeness (QED) is 0.838. The standard InChI is InChI=1S/C15H17N3O2S/c16-12-10-6-8-2-1-3-11(8)17-14(10)21-13(12)15(20)18-5-4-9(19)7-18/h6,9,19H,1-5,7,16H2. The summed E-state index contributed by atoms with van der Waals surface area (Å²) in [5.41, 5.74) is 9.16. The molecule has 0 bridgehead atoms. The van der Waals surface area contributed by atoms with Crippen molar-refractivity contribution in [2.75, 3.05) is 18.8 Å². The molecule has 1 unspecified atom stereocenters. The predicted molar refractivity (Wildman–Crippen MR) is 82.6 cm³/mol. The van der Waals surface area contributed by atoms with Crippen molar-refractivity contribution in [2.45, 2.75) is 31.8 Å². The van der Waals surface area contributed by atoms with Crippen LogP contribution >= 0.6 is 11.3 Å². The van der Waals surface area contributed by atoms with Crippen molar-refractivity contribution >= 4 is 33.1 Å². The second-order valence-electron chi connectivity index (χ2n) is 5.84. The number of anilines is 1. The maximum absolute atomic E-state index is 12.6. The number of aromatic nitrogens is 1. The fraction of sp³-hybridized carbons (Fsp3) is 0.467. The molecule has 1 fully saturated rings. The summed E-state index contributed by atoms with van der Waals surface area (Å²) in [7, 11) is 0. The van der Waals surface area contributed by atoms with Gasteiger partial charge in [-0.15, -0.1) is 11.3 Å². The number of nitrogens with two attached hydrogens (primary N) is 1. The molecule has 2 aromatic heterocycles. The summed E-state index contributed by atoms with van der Waals surface area (Å²) in [6.07, 6.45) is 3.45. The number of fused-ring (bicyclic) bond motifs is 2. The Morgan fingerprint density at radius 2 is 2.33 bits per heavy atom. The van der Waals surface area contributed by atoms with E-state index >= 15 is 0 Å². The first-order chi connectivity index (χ1) is 10.1. The van der Waals surface area contributed by atoms with E-state index in [1.165, 1.54) is 16.9 Å². The molecular formula is C15H17N3O2S. The number of hydrogen-bond donors (Lipinski definition) is 2. The van der Waals surface area contributed by atoms with E-state index in [4.69, 9.17) is 5.73 Å². The molecule has 1 aliphatic heterocycles. The van der Waals surface area contributed by atoms with Crippen molar-refractivity contribution in [1.82, 2.24) is 9.88 Å². The number of pyridine rings is 1. The minimum Gasteiger partial charge on any atom is -0.397 e. The molecule has 0 radical (unpaired) electrons. The van der Waals surface area contributed by atoms with Gasteiger partial charge >= 0.3 is 0 Å². The lowest BCUT2D eigenvalue weighted by atomic mass is 10.1.